The molecule has 2 rings (SSSR count). The number of anilines is 1. The van der Waals surface area contributed by atoms with Crippen molar-refractivity contribution in [1.29, 1.82) is 0 Å². The first-order valence-corrected chi connectivity index (χ1v) is 4.76. The van der Waals surface area contributed by atoms with Crippen LogP contribution in [0.25, 0.3) is 0 Å². The van der Waals surface area contributed by atoms with Crippen LogP contribution in [0.4, 0.5) is 19.0 Å². The number of carbonyl (C=O) groups is 2. The second kappa shape index (κ2) is 3.83. The highest BCUT2D eigenvalue weighted by molar-refractivity contribution is 6.20. The molecule has 1 saturated heterocycles. The van der Waals surface area contributed by atoms with E-state index >= 15 is 0 Å². The highest BCUT2D eigenvalue weighted by Gasteiger charge is 2.54. The van der Waals surface area contributed by atoms with Gasteiger partial charge in [0.2, 0.25) is 11.8 Å². The van der Waals surface area contributed by atoms with Crippen LogP contribution in [-0.2, 0) is 9.59 Å². The fourth-order valence-electron chi connectivity index (χ4n) is 1.61. The molecule has 0 radical (unpaired) electrons. The molecule has 0 aliphatic carbocycles. The predicted octanol–water partition coefficient (Wildman–Crippen LogP) is 1.52. The molecule has 1 aromatic rings. The molecule has 17 heavy (non-hydrogen) atoms. The van der Waals surface area contributed by atoms with Gasteiger partial charge in [0.05, 0.1) is 0 Å². The Balaban J connectivity index is 2.33. The van der Waals surface area contributed by atoms with E-state index in [-0.39, 0.29) is 5.82 Å². The molecule has 1 atom stereocenters. The summed E-state index contributed by atoms with van der Waals surface area (Å²) in [5, 5.41) is 0. The Hall–Kier alpha value is -1.92. The molecule has 1 unspecified atom stereocenters. The number of amides is 2. The van der Waals surface area contributed by atoms with Crippen molar-refractivity contribution < 1.29 is 22.8 Å². The third-order valence-corrected chi connectivity index (χ3v) is 2.42. The summed E-state index contributed by atoms with van der Waals surface area (Å²) in [5.41, 5.74) is 0. The molecule has 0 bridgehead atoms. The van der Waals surface area contributed by atoms with Crippen LogP contribution in [0.3, 0.4) is 0 Å². The van der Waals surface area contributed by atoms with E-state index in [1.165, 1.54) is 24.4 Å². The summed E-state index contributed by atoms with van der Waals surface area (Å²) in [7, 11) is 0. The van der Waals surface area contributed by atoms with Crippen molar-refractivity contribution in [2.45, 2.75) is 12.6 Å². The van der Waals surface area contributed by atoms with Crippen molar-refractivity contribution >= 4 is 17.6 Å². The van der Waals surface area contributed by atoms with Crippen molar-refractivity contribution in [3.63, 3.8) is 0 Å². The lowest BCUT2D eigenvalue weighted by molar-refractivity contribution is -0.178. The quantitative estimate of drug-likeness (QED) is 0.704. The molecule has 0 aromatic carbocycles. The number of aromatic nitrogens is 1. The van der Waals surface area contributed by atoms with Gasteiger partial charge in [0.25, 0.3) is 0 Å². The maximum absolute atomic E-state index is 12.5. The Morgan fingerprint density at radius 3 is 2.47 bits per heavy atom. The van der Waals surface area contributed by atoms with E-state index < -0.39 is 30.3 Å². The summed E-state index contributed by atoms with van der Waals surface area (Å²) in [6.45, 7) is 0. The van der Waals surface area contributed by atoms with Crippen molar-refractivity contribution in [2.75, 3.05) is 4.90 Å². The van der Waals surface area contributed by atoms with E-state index in [0.29, 0.717) is 4.90 Å². The van der Waals surface area contributed by atoms with Gasteiger partial charge in [0, 0.05) is 12.6 Å². The first kappa shape index (κ1) is 11.6. The lowest BCUT2D eigenvalue weighted by atomic mass is 10.1. The van der Waals surface area contributed by atoms with Crippen LogP contribution in [0.15, 0.2) is 24.4 Å². The maximum atomic E-state index is 12.5. The summed E-state index contributed by atoms with van der Waals surface area (Å²) in [4.78, 5) is 27.1. The average Bonchev–Trinajstić information content (AvgIpc) is 2.55. The Kier molecular flexibility index (Phi) is 2.60. The highest BCUT2D eigenvalue weighted by atomic mass is 19.4. The van der Waals surface area contributed by atoms with E-state index in [1.54, 1.807) is 0 Å². The second-order valence-corrected chi connectivity index (χ2v) is 3.55. The van der Waals surface area contributed by atoms with Gasteiger partial charge in [-0.3, -0.25) is 9.59 Å². The molecule has 1 aliphatic rings. The first-order chi connectivity index (χ1) is 7.91. The fraction of sp³-hybridized carbons (Fsp3) is 0.300. The topological polar surface area (TPSA) is 50.3 Å². The van der Waals surface area contributed by atoms with E-state index in [2.05, 4.69) is 4.98 Å². The van der Waals surface area contributed by atoms with Gasteiger partial charge in [-0.25, -0.2) is 9.88 Å². The second-order valence-electron chi connectivity index (χ2n) is 3.55. The molecular weight excluding hydrogens is 237 g/mol. The Bertz CT molecular complexity index is 458. The zero-order valence-corrected chi connectivity index (χ0v) is 8.44. The Labute approximate surface area is 94.0 Å². The van der Waals surface area contributed by atoms with Crippen LogP contribution in [0.2, 0.25) is 0 Å². The molecule has 2 heterocycles. The summed E-state index contributed by atoms with van der Waals surface area (Å²) < 4.78 is 37.4. The largest absolute Gasteiger partial charge is 0.401 e. The fourth-order valence-corrected chi connectivity index (χ4v) is 1.61. The first-order valence-electron chi connectivity index (χ1n) is 4.76. The summed E-state index contributed by atoms with van der Waals surface area (Å²) in [6, 6.07) is 4.34. The number of hydrogen-bond donors (Lipinski definition) is 0. The van der Waals surface area contributed by atoms with Crippen LogP contribution in [0.5, 0.6) is 0 Å². The normalized spacial score (nSPS) is 21.1. The molecule has 2 amide bonds. The molecule has 0 saturated carbocycles. The number of imide groups is 1. The van der Waals surface area contributed by atoms with Gasteiger partial charge in [-0.05, 0) is 12.1 Å². The number of nitrogens with zero attached hydrogens (tertiary/aromatic N) is 2. The molecular formula is C10H7F3N2O2. The molecule has 4 nitrogen and oxygen atoms in total. The monoisotopic (exact) mass is 244 g/mol. The van der Waals surface area contributed by atoms with Gasteiger partial charge in [0.1, 0.15) is 11.7 Å². The minimum atomic E-state index is -4.70. The molecule has 1 fully saturated rings. The van der Waals surface area contributed by atoms with E-state index in [0.717, 1.165) is 0 Å². The third-order valence-electron chi connectivity index (χ3n) is 2.42. The van der Waals surface area contributed by atoms with Crippen molar-refractivity contribution in [1.82, 2.24) is 4.98 Å². The third kappa shape index (κ3) is 2.00. The van der Waals surface area contributed by atoms with Gasteiger partial charge < -0.3 is 0 Å². The van der Waals surface area contributed by atoms with Crippen LogP contribution in [0.1, 0.15) is 6.42 Å². The standard InChI is InChI=1S/C10H7F3N2O2/c11-10(12,13)6-5-8(16)15(9(6)17)7-3-1-2-4-14-7/h1-4,6H,5H2. The molecule has 0 spiro atoms. The van der Waals surface area contributed by atoms with Crippen LogP contribution >= 0.6 is 0 Å². The lowest BCUT2D eigenvalue weighted by Gasteiger charge is -2.14. The molecule has 90 valence electrons. The average molecular weight is 244 g/mol. The number of alkyl halides is 3. The predicted molar refractivity (Wildman–Crippen MR) is 50.9 cm³/mol. The van der Waals surface area contributed by atoms with Crippen molar-refractivity contribution in [3.8, 4) is 0 Å². The van der Waals surface area contributed by atoms with E-state index in [9.17, 15) is 22.8 Å². The lowest BCUT2D eigenvalue weighted by Crippen LogP contribution is -2.35. The zero-order valence-electron chi connectivity index (χ0n) is 8.44. The van der Waals surface area contributed by atoms with E-state index in [1.807, 2.05) is 0 Å². The molecule has 1 aliphatic heterocycles. The van der Waals surface area contributed by atoms with Gasteiger partial charge in [-0.2, -0.15) is 13.2 Å². The molecule has 7 heteroatoms. The number of hydrogen-bond acceptors (Lipinski definition) is 3. The Morgan fingerprint density at radius 2 is 2.00 bits per heavy atom. The van der Waals surface area contributed by atoms with Gasteiger partial charge in [-0.1, -0.05) is 6.07 Å². The van der Waals surface area contributed by atoms with Gasteiger partial charge >= 0.3 is 6.18 Å². The highest BCUT2D eigenvalue weighted by Crippen LogP contribution is 2.36. The van der Waals surface area contributed by atoms with E-state index in [4.69, 9.17) is 0 Å². The summed E-state index contributed by atoms with van der Waals surface area (Å²) in [6.07, 6.45) is -4.24. The SMILES string of the molecule is O=C1CC(C(F)(F)F)C(=O)N1c1ccccn1. The van der Waals surface area contributed by atoms with Crippen molar-refractivity contribution in [3.05, 3.63) is 24.4 Å². The maximum Gasteiger partial charge on any atom is 0.401 e. The van der Waals surface area contributed by atoms with Gasteiger partial charge in [-0.15, -0.1) is 0 Å². The summed E-state index contributed by atoms with van der Waals surface area (Å²) >= 11 is 0. The zero-order chi connectivity index (χ0) is 12.6. The van der Waals surface area contributed by atoms with Crippen LogP contribution in [-0.4, -0.2) is 23.0 Å². The minimum absolute atomic E-state index is 0.0748. The number of carbonyl (C=O) groups excluding carboxylic acids is 2. The number of pyridine rings is 1. The van der Waals surface area contributed by atoms with Crippen molar-refractivity contribution in [2.24, 2.45) is 5.92 Å². The smallest absolute Gasteiger partial charge is 0.274 e. The minimum Gasteiger partial charge on any atom is -0.274 e. The summed E-state index contributed by atoms with van der Waals surface area (Å²) in [5.74, 6) is -4.47. The molecule has 1 aromatic heterocycles. The number of rotatable bonds is 1. The molecule has 0 N–H and O–H groups in total. The van der Waals surface area contributed by atoms with Crippen LogP contribution < -0.4 is 4.90 Å². The Morgan fingerprint density at radius 1 is 1.29 bits per heavy atom. The van der Waals surface area contributed by atoms with Crippen LogP contribution in [0, 0.1) is 5.92 Å². The van der Waals surface area contributed by atoms with Gasteiger partial charge in [0.15, 0.2) is 0 Å². The number of halogens is 3.